The summed E-state index contributed by atoms with van der Waals surface area (Å²) in [4.78, 5) is 22.8. The maximum atomic E-state index is 11.6. The number of aromatic nitrogens is 1. The normalized spacial score (nSPS) is 16.0. The van der Waals surface area contributed by atoms with Crippen LogP contribution in [-0.4, -0.2) is 16.5 Å². The Hall–Kier alpha value is -2.53. The van der Waals surface area contributed by atoms with Crippen LogP contribution in [-0.2, 0) is 4.79 Å². The quantitative estimate of drug-likeness (QED) is 0.661. The summed E-state index contributed by atoms with van der Waals surface area (Å²) in [5, 5.41) is 5.32. The largest absolute Gasteiger partial charge is 0.326 e. The molecule has 0 radical (unpaired) electrons. The molecule has 0 atom stereocenters. The SMILES string of the molecule is Cc1cc(/C=C2\NC(=O)NC2=O)c(C)n1-c1ccccc1Cl. The summed E-state index contributed by atoms with van der Waals surface area (Å²) in [7, 11) is 0. The fourth-order valence-corrected chi connectivity index (χ4v) is 2.80. The van der Waals surface area contributed by atoms with Crippen molar-refractivity contribution < 1.29 is 9.59 Å². The third-order valence-corrected chi connectivity index (χ3v) is 3.90. The molecule has 1 fully saturated rings. The molecule has 0 unspecified atom stereocenters. The number of carbonyl (C=O) groups excluding carboxylic acids is 2. The molecule has 2 aromatic rings. The second kappa shape index (κ2) is 5.35. The highest BCUT2D eigenvalue weighted by Gasteiger charge is 2.23. The summed E-state index contributed by atoms with van der Waals surface area (Å²) in [6.07, 6.45) is 1.66. The minimum atomic E-state index is -0.504. The van der Waals surface area contributed by atoms with Gasteiger partial charge in [-0.2, -0.15) is 0 Å². The molecule has 0 saturated carbocycles. The second-order valence-corrected chi connectivity index (χ2v) is 5.49. The highest BCUT2D eigenvalue weighted by molar-refractivity contribution is 6.32. The monoisotopic (exact) mass is 315 g/mol. The van der Waals surface area contributed by atoms with Gasteiger partial charge >= 0.3 is 6.03 Å². The van der Waals surface area contributed by atoms with E-state index >= 15 is 0 Å². The molecule has 0 spiro atoms. The van der Waals surface area contributed by atoms with Crippen molar-refractivity contribution in [3.05, 3.63) is 58.0 Å². The van der Waals surface area contributed by atoms with Gasteiger partial charge in [-0.15, -0.1) is 0 Å². The van der Waals surface area contributed by atoms with Gasteiger partial charge in [-0.05, 0) is 43.7 Å². The fourth-order valence-electron chi connectivity index (χ4n) is 2.58. The molecule has 22 heavy (non-hydrogen) atoms. The van der Waals surface area contributed by atoms with E-state index in [1.807, 2.05) is 48.7 Å². The molecule has 0 aliphatic carbocycles. The molecule has 2 N–H and O–H groups in total. The molecule has 1 aliphatic heterocycles. The zero-order valence-electron chi connectivity index (χ0n) is 12.1. The molecule has 0 bridgehead atoms. The second-order valence-electron chi connectivity index (χ2n) is 5.08. The van der Waals surface area contributed by atoms with Crippen molar-refractivity contribution in [2.24, 2.45) is 0 Å². The van der Waals surface area contributed by atoms with Crippen LogP contribution in [0.4, 0.5) is 4.79 Å². The van der Waals surface area contributed by atoms with Gasteiger partial charge in [-0.25, -0.2) is 4.79 Å². The summed E-state index contributed by atoms with van der Waals surface area (Å²) in [5.74, 6) is -0.424. The third-order valence-electron chi connectivity index (χ3n) is 3.58. The molecular weight excluding hydrogens is 302 g/mol. The molecule has 112 valence electrons. The first-order valence-corrected chi connectivity index (χ1v) is 7.13. The van der Waals surface area contributed by atoms with E-state index < -0.39 is 11.9 Å². The molecule has 1 aromatic carbocycles. The van der Waals surface area contributed by atoms with E-state index in [1.54, 1.807) is 6.08 Å². The minimum Gasteiger partial charge on any atom is -0.316 e. The number of hydrogen-bond acceptors (Lipinski definition) is 2. The number of imide groups is 1. The molecular formula is C16H14ClN3O2. The number of para-hydroxylation sites is 1. The van der Waals surface area contributed by atoms with Crippen LogP contribution in [0.2, 0.25) is 5.02 Å². The van der Waals surface area contributed by atoms with Gasteiger partial charge in [0.2, 0.25) is 0 Å². The Morgan fingerprint density at radius 3 is 2.50 bits per heavy atom. The first-order valence-electron chi connectivity index (χ1n) is 6.75. The number of nitrogens with one attached hydrogen (secondary N) is 2. The van der Waals surface area contributed by atoms with E-state index in [0.29, 0.717) is 5.02 Å². The topological polar surface area (TPSA) is 63.1 Å². The van der Waals surface area contributed by atoms with Gasteiger partial charge < -0.3 is 9.88 Å². The van der Waals surface area contributed by atoms with Crippen LogP contribution in [0.15, 0.2) is 36.0 Å². The van der Waals surface area contributed by atoms with Crippen LogP contribution in [0, 0.1) is 13.8 Å². The minimum absolute atomic E-state index is 0.240. The maximum absolute atomic E-state index is 11.6. The molecule has 2 heterocycles. The van der Waals surface area contributed by atoms with Crippen molar-refractivity contribution in [3.8, 4) is 5.69 Å². The molecule has 1 aliphatic rings. The van der Waals surface area contributed by atoms with E-state index in [4.69, 9.17) is 11.6 Å². The van der Waals surface area contributed by atoms with Gasteiger partial charge in [0.05, 0.1) is 10.7 Å². The predicted molar refractivity (Wildman–Crippen MR) is 84.9 cm³/mol. The summed E-state index contributed by atoms with van der Waals surface area (Å²) in [5.41, 5.74) is 3.90. The van der Waals surface area contributed by atoms with Crippen molar-refractivity contribution in [2.45, 2.75) is 13.8 Å². The van der Waals surface area contributed by atoms with E-state index in [2.05, 4.69) is 10.6 Å². The van der Waals surface area contributed by atoms with Gasteiger partial charge in [-0.3, -0.25) is 10.1 Å². The van der Waals surface area contributed by atoms with Gasteiger partial charge in [0.15, 0.2) is 0 Å². The van der Waals surface area contributed by atoms with Crippen molar-refractivity contribution in [1.29, 1.82) is 0 Å². The van der Waals surface area contributed by atoms with E-state index in [1.165, 1.54) is 0 Å². The first-order chi connectivity index (χ1) is 10.5. The lowest BCUT2D eigenvalue weighted by molar-refractivity contribution is -0.115. The number of amides is 3. The molecule has 6 heteroatoms. The smallest absolute Gasteiger partial charge is 0.316 e. The van der Waals surface area contributed by atoms with Crippen molar-refractivity contribution >= 4 is 29.6 Å². The van der Waals surface area contributed by atoms with Gasteiger partial charge in [0, 0.05) is 11.4 Å². The molecule has 5 nitrogen and oxygen atoms in total. The predicted octanol–water partition coefficient (Wildman–Crippen LogP) is 2.93. The number of hydrogen-bond donors (Lipinski definition) is 2. The van der Waals surface area contributed by atoms with Crippen LogP contribution in [0.1, 0.15) is 17.0 Å². The molecule has 3 amide bonds. The van der Waals surface area contributed by atoms with Crippen LogP contribution in [0.25, 0.3) is 11.8 Å². The van der Waals surface area contributed by atoms with Gasteiger partial charge in [0.25, 0.3) is 5.91 Å². The number of urea groups is 1. The van der Waals surface area contributed by atoms with Crippen molar-refractivity contribution in [2.75, 3.05) is 0 Å². The van der Waals surface area contributed by atoms with Gasteiger partial charge in [0.1, 0.15) is 5.70 Å². The highest BCUT2D eigenvalue weighted by Crippen LogP contribution is 2.27. The summed E-state index contributed by atoms with van der Waals surface area (Å²) in [6.45, 7) is 3.91. The molecule has 1 aromatic heterocycles. The first kappa shape index (κ1) is 14.4. The van der Waals surface area contributed by atoms with Crippen molar-refractivity contribution in [1.82, 2.24) is 15.2 Å². The Labute approximate surface area is 132 Å². The van der Waals surface area contributed by atoms with Crippen LogP contribution >= 0.6 is 11.6 Å². The van der Waals surface area contributed by atoms with Crippen molar-refractivity contribution in [3.63, 3.8) is 0 Å². The number of rotatable bonds is 2. The standard InChI is InChI=1S/C16H14ClN3O2/c1-9-7-11(8-13-15(21)19-16(22)18-13)10(2)20(9)14-6-4-3-5-12(14)17/h3-8H,1-2H3,(H2,18,19,21,22)/b13-8-. The average molecular weight is 316 g/mol. The zero-order valence-corrected chi connectivity index (χ0v) is 12.9. The lowest BCUT2D eigenvalue weighted by atomic mass is 10.2. The highest BCUT2D eigenvalue weighted by atomic mass is 35.5. The fraction of sp³-hybridized carbons (Fsp3) is 0.125. The molecule has 3 rings (SSSR count). The number of aryl methyl sites for hydroxylation is 1. The van der Waals surface area contributed by atoms with Crippen LogP contribution in [0.3, 0.4) is 0 Å². The number of benzene rings is 1. The lowest BCUT2D eigenvalue weighted by Crippen LogP contribution is -2.22. The van der Waals surface area contributed by atoms with Gasteiger partial charge in [-0.1, -0.05) is 23.7 Å². The average Bonchev–Trinajstić information content (AvgIpc) is 2.91. The number of carbonyl (C=O) groups is 2. The Kier molecular flexibility index (Phi) is 3.50. The Morgan fingerprint density at radius 2 is 1.86 bits per heavy atom. The van der Waals surface area contributed by atoms with Crippen LogP contribution < -0.4 is 10.6 Å². The van der Waals surface area contributed by atoms with Crippen LogP contribution in [0.5, 0.6) is 0 Å². The van der Waals surface area contributed by atoms with E-state index in [9.17, 15) is 9.59 Å². The van der Waals surface area contributed by atoms with E-state index in [0.717, 1.165) is 22.6 Å². The lowest BCUT2D eigenvalue weighted by Gasteiger charge is -2.11. The Morgan fingerprint density at radius 1 is 1.14 bits per heavy atom. The summed E-state index contributed by atoms with van der Waals surface area (Å²) in [6, 6.07) is 9.01. The summed E-state index contributed by atoms with van der Waals surface area (Å²) >= 11 is 6.27. The Bertz CT molecular complexity index is 821. The molecule has 1 saturated heterocycles. The summed E-state index contributed by atoms with van der Waals surface area (Å²) < 4.78 is 2.02. The maximum Gasteiger partial charge on any atom is 0.326 e. The number of nitrogens with zero attached hydrogens (tertiary/aromatic N) is 1. The zero-order chi connectivity index (χ0) is 15.9. The number of halogens is 1. The third kappa shape index (κ3) is 2.40. The van der Waals surface area contributed by atoms with E-state index in [-0.39, 0.29) is 5.70 Å². The Balaban J connectivity index is 2.09.